The van der Waals surface area contributed by atoms with E-state index in [-0.39, 0.29) is 11.6 Å². The van der Waals surface area contributed by atoms with Gasteiger partial charge in [0.25, 0.3) is 0 Å². The molecule has 2 aromatic carbocycles. The van der Waals surface area contributed by atoms with Crippen molar-refractivity contribution in [3.63, 3.8) is 0 Å². The Morgan fingerprint density at radius 1 is 1.05 bits per heavy atom. The molecular weight excluding hydrogens is 505 g/mol. The molecule has 8 nitrogen and oxygen atoms in total. The van der Waals surface area contributed by atoms with E-state index >= 15 is 4.39 Å². The molecule has 38 heavy (non-hydrogen) atoms. The monoisotopic (exact) mass is 537 g/mol. The van der Waals surface area contributed by atoms with Crippen LogP contribution in [-0.4, -0.2) is 62.8 Å². The Labute approximate surface area is 227 Å². The van der Waals surface area contributed by atoms with Gasteiger partial charge >= 0.3 is 0 Å². The average Bonchev–Trinajstić information content (AvgIpc) is 3.28. The van der Waals surface area contributed by atoms with Crippen molar-refractivity contribution in [2.24, 2.45) is 0 Å². The predicted molar refractivity (Wildman–Crippen MR) is 151 cm³/mol. The topological polar surface area (TPSA) is 82.3 Å². The van der Waals surface area contributed by atoms with Gasteiger partial charge in [-0.3, -0.25) is 0 Å². The van der Waals surface area contributed by atoms with Crippen LogP contribution >= 0.6 is 11.6 Å². The van der Waals surface area contributed by atoms with Crippen LogP contribution < -0.4 is 10.2 Å². The first-order valence-corrected chi connectivity index (χ1v) is 13.2. The number of hydrogen-bond donors (Lipinski definition) is 2. The quantitative estimate of drug-likeness (QED) is 0.332. The Hall–Kier alpha value is -3.27. The van der Waals surface area contributed by atoms with Gasteiger partial charge in [-0.25, -0.2) is 19.3 Å². The highest BCUT2D eigenvalue weighted by atomic mass is 35.5. The standard InChI is InChI=1S/C28H33ClFN7O/c1-17(2)37-23-15-18(14-22(30)25(23)33-26(37)28(3,4)38)24-21(29)16-31-27(34-24)32-19-6-8-20(9-7-19)36-12-10-35(5)11-13-36/h6-9,14-17,38H,10-13H2,1-5H3,(H,31,32,34). The van der Waals surface area contributed by atoms with Crippen LogP contribution in [0.2, 0.25) is 5.02 Å². The summed E-state index contributed by atoms with van der Waals surface area (Å²) in [6, 6.07) is 11.3. The third-order valence-electron chi connectivity index (χ3n) is 6.82. The lowest BCUT2D eigenvalue weighted by molar-refractivity contribution is 0.0641. The lowest BCUT2D eigenvalue weighted by Crippen LogP contribution is -2.44. The Bertz CT molecular complexity index is 1460. The highest BCUT2D eigenvalue weighted by molar-refractivity contribution is 6.33. The molecule has 0 saturated carbocycles. The van der Waals surface area contributed by atoms with E-state index in [1.807, 2.05) is 36.6 Å². The zero-order chi connectivity index (χ0) is 27.2. The van der Waals surface area contributed by atoms with Gasteiger partial charge in [-0.05, 0) is 71.1 Å². The molecule has 4 aromatic rings. The summed E-state index contributed by atoms with van der Waals surface area (Å²) in [5.74, 6) is 0.243. The summed E-state index contributed by atoms with van der Waals surface area (Å²) in [6.07, 6.45) is 1.51. The Balaban J connectivity index is 1.46. The fourth-order valence-electron chi connectivity index (χ4n) is 4.82. The average molecular weight is 538 g/mol. The molecule has 1 saturated heterocycles. The van der Waals surface area contributed by atoms with E-state index in [1.165, 1.54) is 18.0 Å². The predicted octanol–water partition coefficient (Wildman–Crippen LogP) is 5.59. The SMILES string of the molecule is CC(C)n1c(C(C)(C)O)nc2c(F)cc(-c3nc(Nc4ccc(N5CCN(C)CC5)cc4)ncc3Cl)cc21. The van der Waals surface area contributed by atoms with Crippen LogP contribution in [0.25, 0.3) is 22.3 Å². The van der Waals surface area contributed by atoms with Crippen molar-refractivity contribution >= 4 is 40.0 Å². The largest absolute Gasteiger partial charge is 0.383 e. The first-order valence-electron chi connectivity index (χ1n) is 12.8. The number of aliphatic hydroxyl groups is 1. The highest BCUT2D eigenvalue weighted by Crippen LogP contribution is 2.35. The highest BCUT2D eigenvalue weighted by Gasteiger charge is 2.28. The van der Waals surface area contributed by atoms with Gasteiger partial charge in [0.05, 0.1) is 22.4 Å². The van der Waals surface area contributed by atoms with E-state index in [1.54, 1.807) is 13.8 Å². The first-order chi connectivity index (χ1) is 18.0. The number of aromatic nitrogens is 4. The molecular formula is C28H33ClFN7O. The summed E-state index contributed by atoms with van der Waals surface area (Å²) in [5, 5.41) is 14.2. The van der Waals surface area contributed by atoms with E-state index in [4.69, 9.17) is 11.6 Å². The van der Waals surface area contributed by atoms with Gasteiger partial charge in [0.2, 0.25) is 5.95 Å². The minimum atomic E-state index is -1.24. The molecule has 1 aliphatic rings. The van der Waals surface area contributed by atoms with E-state index in [0.29, 0.717) is 33.6 Å². The number of nitrogens with zero attached hydrogens (tertiary/aromatic N) is 6. The van der Waals surface area contributed by atoms with Crippen molar-refractivity contribution < 1.29 is 9.50 Å². The Morgan fingerprint density at radius 2 is 1.74 bits per heavy atom. The number of imidazole rings is 1. The summed E-state index contributed by atoms with van der Waals surface area (Å²) < 4.78 is 17.1. The van der Waals surface area contributed by atoms with E-state index in [0.717, 1.165) is 31.9 Å². The second kappa shape index (κ2) is 10.1. The van der Waals surface area contributed by atoms with E-state index < -0.39 is 11.4 Å². The van der Waals surface area contributed by atoms with Crippen LogP contribution in [0.4, 0.5) is 21.7 Å². The molecule has 10 heteroatoms. The summed E-state index contributed by atoms with van der Waals surface area (Å²) >= 11 is 6.49. The molecule has 3 heterocycles. The van der Waals surface area contributed by atoms with Crippen molar-refractivity contribution in [1.82, 2.24) is 24.4 Å². The van der Waals surface area contributed by atoms with E-state index in [9.17, 15) is 5.11 Å². The minimum Gasteiger partial charge on any atom is -0.383 e. The maximum atomic E-state index is 15.3. The number of piperazine rings is 1. The van der Waals surface area contributed by atoms with Crippen LogP contribution in [-0.2, 0) is 5.60 Å². The number of nitrogens with one attached hydrogen (secondary N) is 1. The minimum absolute atomic E-state index is 0.0528. The number of benzene rings is 2. The molecule has 0 spiro atoms. The fraction of sp³-hybridized carbons (Fsp3) is 0.393. The Morgan fingerprint density at radius 3 is 2.37 bits per heavy atom. The zero-order valence-electron chi connectivity index (χ0n) is 22.3. The van der Waals surface area contributed by atoms with Gasteiger partial charge in [-0.1, -0.05) is 11.6 Å². The number of likely N-dealkylation sites (N-methyl/N-ethyl adjacent to an activating group) is 1. The van der Waals surface area contributed by atoms with Gasteiger partial charge < -0.3 is 24.8 Å². The maximum absolute atomic E-state index is 15.3. The smallest absolute Gasteiger partial charge is 0.227 e. The third-order valence-corrected chi connectivity index (χ3v) is 7.10. The molecule has 200 valence electrons. The van der Waals surface area contributed by atoms with Crippen LogP contribution in [0.1, 0.15) is 39.6 Å². The summed E-state index contributed by atoms with van der Waals surface area (Å²) in [5.41, 5.74) is 2.45. The van der Waals surface area contributed by atoms with Crippen molar-refractivity contribution in [3.05, 3.63) is 59.3 Å². The fourth-order valence-corrected chi connectivity index (χ4v) is 5.02. The number of halogens is 2. The first kappa shape index (κ1) is 26.3. The van der Waals surface area contributed by atoms with Gasteiger partial charge in [-0.2, -0.15) is 0 Å². The zero-order valence-corrected chi connectivity index (χ0v) is 23.1. The molecule has 2 N–H and O–H groups in total. The van der Waals surface area contributed by atoms with Gasteiger partial charge in [-0.15, -0.1) is 0 Å². The second-order valence-corrected chi connectivity index (χ2v) is 11.0. The molecule has 5 rings (SSSR count). The normalized spacial score (nSPS) is 15.0. The van der Waals surface area contributed by atoms with E-state index in [2.05, 4.69) is 49.2 Å². The lowest BCUT2D eigenvalue weighted by atomic mass is 10.1. The lowest BCUT2D eigenvalue weighted by Gasteiger charge is -2.34. The van der Waals surface area contributed by atoms with Crippen molar-refractivity contribution in [2.45, 2.75) is 39.3 Å². The number of anilines is 3. The summed E-state index contributed by atoms with van der Waals surface area (Å²) in [6.45, 7) is 11.3. The van der Waals surface area contributed by atoms with Gasteiger partial charge in [0, 0.05) is 49.2 Å². The van der Waals surface area contributed by atoms with Crippen molar-refractivity contribution in [2.75, 3.05) is 43.4 Å². The van der Waals surface area contributed by atoms with Crippen molar-refractivity contribution in [3.8, 4) is 11.3 Å². The molecule has 0 unspecified atom stereocenters. The Kier molecular flexibility index (Phi) is 7.02. The number of hydrogen-bond acceptors (Lipinski definition) is 7. The second-order valence-electron chi connectivity index (χ2n) is 10.6. The number of rotatable bonds is 6. The van der Waals surface area contributed by atoms with Crippen LogP contribution in [0.3, 0.4) is 0 Å². The molecule has 0 atom stereocenters. The van der Waals surface area contributed by atoms with Crippen molar-refractivity contribution in [1.29, 1.82) is 0 Å². The molecule has 0 amide bonds. The molecule has 0 bridgehead atoms. The van der Waals surface area contributed by atoms with Crippen LogP contribution in [0, 0.1) is 5.82 Å². The molecule has 1 fully saturated rings. The molecule has 0 radical (unpaired) electrons. The third kappa shape index (κ3) is 5.18. The molecule has 2 aromatic heterocycles. The maximum Gasteiger partial charge on any atom is 0.227 e. The number of fused-ring (bicyclic) bond motifs is 1. The molecule has 1 aliphatic heterocycles. The summed E-state index contributed by atoms with van der Waals surface area (Å²) in [7, 11) is 2.14. The van der Waals surface area contributed by atoms with Crippen LogP contribution in [0.5, 0.6) is 0 Å². The van der Waals surface area contributed by atoms with Crippen LogP contribution in [0.15, 0.2) is 42.6 Å². The summed E-state index contributed by atoms with van der Waals surface area (Å²) in [4.78, 5) is 18.1. The molecule has 0 aliphatic carbocycles. The van der Waals surface area contributed by atoms with Gasteiger partial charge in [0.15, 0.2) is 5.82 Å². The van der Waals surface area contributed by atoms with Gasteiger partial charge in [0.1, 0.15) is 16.9 Å².